The lowest BCUT2D eigenvalue weighted by atomic mass is 10.1. The summed E-state index contributed by atoms with van der Waals surface area (Å²) in [6.45, 7) is 1.83. The molecule has 1 unspecified atom stereocenters. The molecule has 0 amide bonds. The van der Waals surface area contributed by atoms with Crippen LogP contribution in [0.25, 0.3) is 0 Å². The molecule has 1 aromatic heterocycles. The first kappa shape index (κ1) is 11.4. The number of carbonyl (C=O) groups excluding carboxylic acids is 1. The van der Waals surface area contributed by atoms with E-state index in [1.165, 1.54) is 6.20 Å². The van der Waals surface area contributed by atoms with Gasteiger partial charge in [0.15, 0.2) is 0 Å². The van der Waals surface area contributed by atoms with Crippen LogP contribution in [0.4, 0.5) is 0 Å². The molecule has 0 aromatic carbocycles. The Balaban J connectivity index is 1.85. The molecular weight excluding hydrogens is 230 g/mol. The lowest BCUT2D eigenvalue weighted by Gasteiger charge is -2.08. The lowest BCUT2D eigenvalue weighted by molar-refractivity contribution is 0.0427. The van der Waals surface area contributed by atoms with Crippen molar-refractivity contribution >= 4 is 17.6 Å². The van der Waals surface area contributed by atoms with Crippen LogP contribution in [0.1, 0.15) is 16.8 Å². The number of nitrogens with zero attached hydrogens (tertiary/aromatic N) is 1. The maximum absolute atomic E-state index is 11.6. The number of esters is 1. The van der Waals surface area contributed by atoms with E-state index in [0.29, 0.717) is 29.8 Å². The van der Waals surface area contributed by atoms with E-state index in [2.05, 4.69) is 4.98 Å². The Morgan fingerprint density at radius 2 is 2.50 bits per heavy atom. The maximum Gasteiger partial charge on any atom is 0.339 e. The summed E-state index contributed by atoms with van der Waals surface area (Å²) in [4.78, 5) is 15.4. The minimum absolute atomic E-state index is 0.323. The van der Waals surface area contributed by atoms with Crippen molar-refractivity contribution in [1.29, 1.82) is 0 Å². The predicted octanol–water partition coefficient (Wildman–Crippen LogP) is 1.93. The van der Waals surface area contributed by atoms with Crippen LogP contribution in [0.15, 0.2) is 18.3 Å². The topological polar surface area (TPSA) is 48.4 Å². The average Bonchev–Trinajstić information content (AvgIpc) is 2.80. The van der Waals surface area contributed by atoms with Crippen molar-refractivity contribution < 1.29 is 14.3 Å². The van der Waals surface area contributed by atoms with Crippen molar-refractivity contribution in [1.82, 2.24) is 4.98 Å². The molecule has 0 spiro atoms. The van der Waals surface area contributed by atoms with Gasteiger partial charge in [-0.2, -0.15) is 0 Å². The quantitative estimate of drug-likeness (QED) is 0.599. The largest absolute Gasteiger partial charge is 0.462 e. The number of halogens is 1. The highest BCUT2D eigenvalue weighted by Gasteiger charge is 2.18. The molecule has 5 heteroatoms. The van der Waals surface area contributed by atoms with Gasteiger partial charge in [0.25, 0.3) is 0 Å². The predicted molar refractivity (Wildman–Crippen MR) is 58.5 cm³/mol. The molecule has 1 atom stereocenters. The molecule has 1 saturated heterocycles. The molecule has 1 aromatic rings. The number of hydrogen-bond acceptors (Lipinski definition) is 4. The first-order valence-corrected chi connectivity index (χ1v) is 5.50. The molecule has 0 bridgehead atoms. The van der Waals surface area contributed by atoms with Crippen LogP contribution in [0.5, 0.6) is 0 Å². The van der Waals surface area contributed by atoms with E-state index in [1.807, 2.05) is 0 Å². The summed E-state index contributed by atoms with van der Waals surface area (Å²) < 4.78 is 10.3. The summed E-state index contributed by atoms with van der Waals surface area (Å²) in [5.41, 5.74) is 0.420. The Labute approximate surface area is 98.5 Å². The van der Waals surface area contributed by atoms with Crippen molar-refractivity contribution in [3.05, 3.63) is 29.0 Å². The molecule has 1 aliphatic rings. The van der Waals surface area contributed by atoms with Gasteiger partial charge in [-0.25, -0.2) is 9.78 Å². The van der Waals surface area contributed by atoms with Crippen LogP contribution in [0.2, 0.25) is 5.15 Å². The normalized spacial score (nSPS) is 19.7. The zero-order valence-corrected chi connectivity index (χ0v) is 9.44. The molecule has 86 valence electrons. The lowest BCUT2D eigenvalue weighted by Crippen LogP contribution is -2.14. The first-order chi connectivity index (χ1) is 7.75. The van der Waals surface area contributed by atoms with Crippen molar-refractivity contribution in [3.63, 3.8) is 0 Å². The SMILES string of the molecule is O=C(OCC1CCOC1)c1ccc(Cl)nc1. The van der Waals surface area contributed by atoms with Gasteiger partial charge in [-0.05, 0) is 18.6 Å². The molecule has 2 heterocycles. The molecule has 0 aliphatic carbocycles. The van der Waals surface area contributed by atoms with Gasteiger partial charge in [0.1, 0.15) is 5.15 Å². The van der Waals surface area contributed by atoms with Gasteiger partial charge >= 0.3 is 5.97 Å². The van der Waals surface area contributed by atoms with Crippen LogP contribution in [-0.2, 0) is 9.47 Å². The van der Waals surface area contributed by atoms with Gasteiger partial charge in [0.2, 0.25) is 0 Å². The second-order valence-electron chi connectivity index (χ2n) is 3.70. The molecule has 4 nitrogen and oxygen atoms in total. The standard InChI is InChI=1S/C11H12ClNO3/c12-10-2-1-9(5-13-10)11(14)16-7-8-3-4-15-6-8/h1-2,5,8H,3-4,6-7H2. The van der Waals surface area contributed by atoms with E-state index in [-0.39, 0.29) is 5.97 Å². The Morgan fingerprint density at radius 3 is 3.12 bits per heavy atom. The summed E-state index contributed by atoms with van der Waals surface area (Å²) in [6, 6.07) is 3.17. The van der Waals surface area contributed by atoms with E-state index in [9.17, 15) is 4.79 Å². The molecule has 1 aliphatic heterocycles. The number of aromatic nitrogens is 1. The molecule has 0 saturated carbocycles. The van der Waals surface area contributed by atoms with Gasteiger partial charge in [-0.15, -0.1) is 0 Å². The monoisotopic (exact) mass is 241 g/mol. The fourth-order valence-corrected chi connectivity index (χ4v) is 1.60. The number of ether oxygens (including phenoxy) is 2. The fraction of sp³-hybridized carbons (Fsp3) is 0.455. The van der Waals surface area contributed by atoms with Crippen molar-refractivity contribution in [2.24, 2.45) is 5.92 Å². The minimum atomic E-state index is -0.365. The highest BCUT2D eigenvalue weighted by molar-refractivity contribution is 6.29. The van der Waals surface area contributed by atoms with E-state index in [0.717, 1.165) is 13.0 Å². The molecule has 16 heavy (non-hydrogen) atoms. The second-order valence-corrected chi connectivity index (χ2v) is 4.08. The second kappa shape index (κ2) is 5.27. The van der Waals surface area contributed by atoms with Crippen LogP contribution >= 0.6 is 11.6 Å². The summed E-state index contributed by atoms with van der Waals surface area (Å²) in [7, 11) is 0. The highest BCUT2D eigenvalue weighted by Crippen LogP contribution is 2.13. The fourth-order valence-electron chi connectivity index (χ4n) is 1.49. The Hall–Kier alpha value is -1.13. The zero-order chi connectivity index (χ0) is 11.4. The van der Waals surface area contributed by atoms with E-state index in [4.69, 9.17) is 21.1 Å². The molecule has 1 fully saturated rings. The smallest absolute Gasteiger partial charge is 0.339 e. The third-order valence-corrected chi connectivity index (χ3v) is 2.66. The average molecular weight is 242 g/mol. The Kier molecular flexibility index (Phi) is 3.74. The Morgan fingerprint density at radius 1 is 1.62 bits per heavy atom. The zero-order valence-electron chi connectivity index (χ0n) is 8.69. The summed E-state index contributed by atoms with van der Waals surface area (Å²) in [6.07, 6.45) is 2.36. The van der Waals surface area contributed by atoms with Crippen LogP contribution in [-0.4, -0.2) is 30.8 Å². The summed E-state index contributed by atoms with van der Waals surface area (Å²) in [5.74, 6) is -0.0414. The number of rotatable bonds is 3. The van der Waals surface area contributed by atoms with Crippen molar-refractivity contribution in [2.75, 3.05) is 19.8 Å². The van der Waals surface area contributed by atoms with Crippen LogP contribution < -0.4 is 0 Å². The highest BCUT2D eigenvalue weighted by atomic mass is 35.5. The molecule has 0 radical (unpaired) electrons. The molecule has 0 N–H and O–H groups in total. The number of carbonyl (C=O) groups is 1. The number of hydrogen-bond donors (Lipinski definition) is 0. The number of pyridine rings is 1. The van der Waals surface area contributed by atoms with Crippen molar-refractivity contribution in [2.45, 2.75) is 6.42 Å². The van der Waals surface area contributed by atoms with Gasteiger partial charge in [0, 0.05) is 18.7 Å². The van der Waals surface area contributed by atoms with Gasteiger partial charge in [-0.3, -0.25) is 0 Å². The Bertz CT molecular complexity index is 360. The van der Waals surface area contributed by atoms with Crippen LogP contribution in [0.3, 0.4) is 0 Å². The van der Waals surface area contributed by atoms with E-state index >= 15 is 0 Å². The molecule has 2 rings (SSSR count). The summed E-state index contributed by atoms with van der Waals surface area (Å²) >= 11 is 5.62. The third-order valence-electron chi connectivity index (χ3n) is 2.44. The van der Waals surface area contributed by atoms with E-state index < -0.39 is 0 Å². The van der Waals surface area contributed by atoms with Crippen LogP contribution in [0, 0.1) is 5.92 Å². The maximum atomic E-state index is 11.6. The minimum Gasteiger partial charge on any atom is -0.462 e. The van der Waals surface area contributed by atoms with E-state index in [1.54, 1.807) is 12.1 Å². The van der Waals surface area contributed by atoms with Gasteiger partial charge < -0.3 is 9.47 Å². The van der Waals surface area contributed by atoms with Gasteiger partial charge in [-0.1, -0.05) is 11.6 Å². The third kappa shape index (κ3) is 2.93. The first-order valence-electron chi connectivity index (χ1n) is 5.12. The van der Waals surface area contributed by atoms with Gasteiger partial charge in [0.05, 0.1) is 18.8 Å². The summed E-state index contributed by atoms with van der Waals surface area (Å²) in [5, 5.41) is 0.362. The molecular formula is C11H12ClNO3. The van der Waals surface area contributed by atoms with Crippen molar-refractivity contribution in [3.8, 4) is 0 Å².